The molecular weight excluding hydrogens is 303 g/mol. The van der Waals surface area contributed by atoms with Gasteiger partial charge >= 0.3 is 0 Å². The lowest BCUT2D eigenvalue weighted by Gasteiger charge is -2.38. The van der Waals surface area contributed by atoms with Crippen molar-refractivity contribution in [2.75, 3.05) is 0 Å². The number of hydrogen-bond acceptors (Lipinski definition) is 0. The molecule has 0 nitrogen and oxygen atoms in total. The zero-order valence-electron chi connectivity index (χ0n) is 12.1. The van der Waals surface area contributed by atoms with Crippen molar-refractivity contribution < 1.29 is 4.39 Å². The van der Waals surface area contributed by atoms with E-state index in [1.807, 2.05) is 12.1 Å². The molecule has 0 aromatic heterocycles. The van der Waals surface area contributed by atoms with Gasteiger partial charge in [-0.3, -0.25) is 0 Å². The second kappa shape index (κ2) is 5.95. The van der Waals surface area contributed by atoms with Crippen molar-refractivity contribution >= 4 is 15.9 Å². The topological polar surface area (TPSA) is 0 Å². The average molecular weight is 327 g/mol. The van der Waals surface area contributed by atoms with Crippen molar-refractivity contribution in [2.45, 2.75) is 51.3 Å². The molecule has 0 radical (unpaired) electrons. The van der Waals surface area contributed by atoms with Crippen LogP contribution in [0.5, 0.6) is 0 Å². The zero-order valence-corrected chi connectivity index (χ0v) is 13.7. The second-order valence-electron chi connectivity index (χ2n) is 6.93. The van der Waals surface area contributed by atoms with E-state index in [1.54, 1.807) is 12.1 Å². The lowest BCUT2D eigenvalue weighted by Crippen LogP contribution is -2.27. The third-order valence-corrected chi connectivity index (χ3v) is 5.88. The standard InChI is InChI=1S/C17H24BrF/c1-17(2,3)14-8-4-12(5-9-14)16(18)13-6-10-15(19)11-7-13/h6-7,10-12,14,16H,4-5,8-9H2,1-3H3. The maximum atomic E-state index is 13.0. The van der Waals surface area contributed by atoms with E-state index in [-0.39, 0.29) is 5.82 Å². The summed E-state index contributed by atoms with van der Waals surface area (Å²) < 4.78 is 13.0. The van der Waals surface area contributed by atoms with Crippen molar-refractivity contribution in [2.24, 2.45) is 17.3 Å². The van der Waals surface area contributed by atoms with E-state index in [2.05, 4.69) is 36.7 Å². The predicted octanol–water partition coefficient (Wildman–Crippen LogP) is 6.11. The molecule has 0 saturated heterocycles. The van der Waals surface area contributed by atoms with Gasteiger partial charge in [0.15, 0.2) is 0 Å². The molecule has 0 N–H and O–H groups in total. The van der Waals surface area contributed by atoms with Crippen LogP contribution < -0.4 is 0 Å². The first-order valence-electron chi connectivity index (χ1n) is 7.27. The summed E-state index contributed by atoms with van der Waals surface area (Å²) in [7, 11) is 0. The normalized spacial score (nSPS) is 26.2. The summed E-state index contributed by atoms with van der Waals surface area (Å²) in [6, 6.07) is 6.93. The van der Waals surface area contributed by atoms with Crippen molar-refractivity contribution in [3.8, 4) is 0 Å². The van der Waals surface area contributed by atoms with Crippen LogP contribution in [-0.4, -0.2) is 0 Å². The summed E-state index contributed by atoms with van der Waals surface area (Å²) in [6.07, 6.45) is 5.18. The summed E-state index contributed by atoms with van der Waals surface area (Å²) in [6.45, 7) is 7.05. The third kappa shape index (κ3) is 3.81. The van der Waals surface area contributed by atoms with Crippen LogP contribution in [-0.2, 0) is 0 Å². The molecule has 0 heterocycles. The average Bonchev–Trinajstić information content (AvgIpc) is 2.38. The summed E-state index contributed by atoms with van der Waals surface area (Å²) in [5, 5.41) is 0. The SMILES string of the molecule is CC(C)(C)C1CCC(C(Br)c2ccc(F)cc2)CC1. The van der Waals surface area contributed by atoms with E-state index < -0.39 is 0 Å². The number of benzene rings is 1. The molecule has 2 rings (SSSR count). The smallest absolute Gasteiger partial charge is 0.123 e. The molecule has 0 aliphatic heterocycles. The Morgan fingerprint density at radius 2 is 1.58 bits per heavy atom. The van der Waals surface area contributed by atoms with Crippen LogP contribution in [0.4, 0.5) is 4.39 Å². The highest BCUT2D eigenvalue weighted by Gasteiger charge is 2.32. The van der Waals surface area contributed by atoms with E-state index in [9.17, 15) is 4.39 Å². The Balaban J connectivity index is 1.96. The van der Waals surface area contributed by atoms with E-state index >= 15 is 0 Å². The molecule has 0 spiro atoms. The molecule has 2 heteroatoms. The second-order valence-corrected chi connectivity index (χ2v) is 7.92. The molecule has 1 atom stereocenters. The summed E-state index contributed by atoms with van der Waals surface area (Å²) in [5.74, 6) is 1.38. The molecule has 0 bridgehead atoms. The molecule has 1 aliphatic rings. The minimum atomic E-state index is -0.153. The monoisotopic (exact) mass is 326 g/mol. The van der Waals surface area contributed by atoms with Crippen LogP contribution in [0.25, 0.3) is 0 Å². The minimum absolute atomic E-state index is 0.153. The first kappa shape index (κ1) is 15.0. The largest absolute Gasteiger partial charge is 0.207 e. The molecule has 1 saturated carbocycles. The Morgan fingerprint density at radius 1 is 1.05 bits per heavy atom. The van der Waals surface area contributed by atoms with Gasteiger partial charge in [0.05, 0.1) is 0 Å². The van der Waals surface area contributed by atoms with Gasteiger partial charge in [-0.1, -0.05) is 48.8 Å². The highest BCUT2D eigenvalue weighted by atomic mass is 79.9. The summed E-state index contributed by atoms with van der Waals surface area (Å²) in [5.41, 5.74) is 1.64. The zero-order chi connectivity index (χ0) is 14.0. The summed E-state index contributed by atoms with van der Waals surface area (Å²) >= 11 is 3.82. The van der Waals surface area contributed by atoms with Crippen LogP contribution in [0.3, 0.4) is 0 Å². The van der Waals surface area contributed by atoms with E-state index in [0.29, 0.717) is 16.2 Å². The predicted molar refractivity (Wildman–Crippen MR) is 83.0 cm³/mol. The molecule has 0 amide bonds. The highest BCUT2D eigenvalue weighted by molar-refractivity contribution is 9.09. The Kier molecular flexibility index (Phi) is 4.70. The molecule has 1 unspecified atom stereocenters. The van der Waals surface area contributed by atoms with Crippen LogP contribution in [0.2, 0.25) is 0 Å². The van der Waals surface area contributed by atoms with Gasteiger partial charge in [-0.15, -0.1) is 0 Å². The lowest BCUT2D eigenvalue weighted by molar-refractivity contribution is 0.149. The number of alkyl halides is 1. The molecule has 1 aromatic rings. The molecule has 1 fully saturated rings. The number of rotatable bonds is 2. The third-order valence-electron chi connectivity index (χ3n) is 4.60. The van der Waals surface area contributed by atoms with Crippen LogP contribution in [0.1, 0.15) is 56.8 Å². The maximum absolute atomic E-state index is 13.0. The van der Waals surface area contributed by atoms with Gasteiger partial charge < -0.3 is 0 Å². The van der Waals surface area contributed by atoms with Gasteiger partial charge in [0.2, 0.25) is 0 Å². The molecule has 106 valence electrons. The molecule has 19 heavy (non-hydrogen) atoms. The van der Waals surface area contributed by atoms with Gasteiger partial charge in [0.1, 0.15) is 5.82 Å². The highest BCUT2D eigenvalue weighted by Crippen LogP contribution is 2.45. The van der Waals surface area contributed by atoms with Gasteiger partial charge in [-0.2, -0.15) is 0 Å². The number of hydrogen-bond donors (Lipinski definition) is 0. The fourth-order valence-corrected chi connectivity index (χ4v) is 4.03. The van der Waals surface area contributed by atoms with Gasteiger partial charge in [0, 0.05) is 4.83 Å². The fourth-order valence-electron chi connectivity index (χ4n) is 3.20. The summed E-state index contributed by atoms with van der Waals surface area (Å²) in [4.78, 5) is 0.369. The minimum Gasteiger partial charge on any atom is -0.207 e. The van der Waals surface area contributed by atoms with Crippen LogP contribution in [0.15, 0.2) is 24.3 Å². The number of halogens is 2. The van der Waals surface area contributed by atoms with Crippen molar-refractivity contribution in [3.63, 3.8) is 0 Å². The maximum Gasteiger partial charge on any atom is 0.123 e. The van der Waals surface area contributed by atoms with Crippen LogP contribution in [0, 0.1) is 23.1 Å². The Morgan fingerprint density at radius 3 is 2.05 bits per heavy atom. The van der Waals surface area contributed by atoms with Gasteiger partial charge in [-0.05, 0) is 60.6 Å². The van der Waals surface area contributed by atoms with E-state index in [4.69, 9.17) is 0 Å². The first-order chi connectivity index (χ1) is 8.88. The Labute approximate surface area is 124 Å². The van der Waals surface area contributed by atoms with Crippen molar-refractivity contribution in [1.82, 2.24) is 0 Å². The quantitative estimate of drug-likeness (QED) is 0.575. The molecular formula is C17H24BrF. The Hall–Kier alpha value is -0.370. The van der Waals surface area contributed by atoms with Crippen molar-refractivity contribution in [3.05, 3.63) is 35.6 Å². The molecule has 1 aliphatic carbocycles. The van der Waals surface area contributed by atoms with Gasteiger partial charge in [0.25, 0.3) is 0 Å². The lowest BCUT2D eigenvalue weighted by atomic mass is 9.69. The molecule has 1 aromatic carbocycles. The first-order valence-corrected chi connectivity index (χ1v) is 8.19. The van der Waals surface area contributed by atoms with E-state index in [1.165, 1.54) is 31.2 Å². The van der Waals surface area contributed by atoms with Crippen LogP contribution >= 0.6 is 15.9 Å². The Bertz CT molecular complexity index is 396. The van der Waals surface area contributed by atoms with Crippen molar-refractivity contribution in [1.29, 1.82) is 0 Å². The fraction of sp³-hybridized carbons (Fsp3) is 0.647. The van der Waals surface area contributed by atoms with E-state index in [0.717, 1.165) is 5.92 Å². The van der Waals surface area contributed by atoms with Gasteiger partial charge in [-0.25, -0.2) is 4.39 Å².